The van der Waals surface area contributed by atoms with Crippen LogP contribution in [-0.2, 0) is 0 Å². The van der Waals surface area contributed by atoms with Crippen molar-refractivity contribution in [3.63, 3.8) is 0 Å². The van der Waals surface area contributed by atoms with E-state index in [-0.39, 0.29) is 7.92 Å². The zero-order valence-corrected chi connectivity index (χ0v) is 22.5. The fourth-order valence-electron chi connectivity index (χ4n) is 10.8. The molecular weight excluding hydrogens is 391 g/mol. The monoisotopic (exact) mass is 442 g/mol. The average Bonchev–Trinajstić information content (AvgIpc) is 2.73. The Balaban J connectivity index is 1.18. The molecule has 31 heavy (non-hydrogen) atoms. The summed E-state index contributed by atoms with van der Waals surface area (Å²) in [5, 5.41) is 0. The van der Waals surface area contributed by atoms with E-state index in [9.17, 15) is 0 Å². The van der Waals surface area contributed by atoms with Crippen molar-refractivity contribution in [2.75, 3.05) is 18.5 Å². The van der Waals surface area contributed by atoms with Crippen LogP contribution in [0, 0.1) is 69.5 Å². The van der Waals surface area contributed by atoms with Gasteiger partial charge in [-0.15, -0.1) is 7.92 Å². The van der Waals surface area contributed by atoms with Crippen LogP contribution in [0.3, 0.4) is 0 Å². The zero-order chi connectivity index (χ0) is 21.8. The summed E-state index contributed by atoms with van der Waals surface area (Å²) in [6, 6.07) is 0. The quantitative estimate of drug-likeness (QED) is 0.361. The highest BCUT2D eigenvalue weighted by molar-refractivity contribution is 7.57. The Morgan fingerprint density at radius 3 is 1.00 bits per heavy atom. The molecule has 1 heteroatoms. The fourth-order valence-corrected chi connectivity index (χ4v) is 14.5. The topological polar surface area (TPSA) is 0 Å². The number of hydrogen-bond donors (Lipinski definition) is 0. The zero-order valence-electron chi connectivity index (χ0n) is 21.6. The molecule has 176 valence electrons. The van der Waals surface area contributed by atoms with Gasteiger partial charge >= 0.3 is 0 Å². The van der Waals surface area contributed by atoms with Crippen LogP contribution in [0.2, 0.25) is 0 Å². The summed E-state index contributed by atoms with van der Waals surface area (Å²) in [6.45, 7) is 15.7. The van der Waals surface area contributed by atoms with Gasteiger partial charge in [-0.2, -0.15) is 0 Å². The molecule has 9 aliphatic rings. The molecule has 9 saturated carbocycles. The molecule has 0 aromatic heterocycles. The normalized spacial score (nSPS) is 51.1. The van der Waals surface area contributed by atoms with Gasteiger partial charge in [0.25, 0.3) is 0 Å². The second kappa shape index (κ2) is 7.22. The lowest BCUT2D eigenvalue weighted by atomic mass is 9.46. The van der Waals surface area contributed by atoms with Crippen LogP contribution in [0.25, 0.3) is 0 Å². The Morgan fingerprint density at radius 1 is 0.484 bits per heavy atom. The fraction of sp³-hybridized carbons (Fsp3) is 1.00. The Labute approximate surface area is 195 Å². The first-order valence-electron chi connectivity index (χ1n) is 14.3. The highest BCUT2D eigenvalue weighted by Gasteiger charge is 2.57. The van der Waals surface area contributed by atoms with Gasteiger partial charge < -0.3 is 0 Å². The van der Waals surface area contributed by atoms with Crippen molar-refractivity contribution >= 4 is 7.92 Å². The van der Waals surface area contributed by atoms with Crippen molar-refractivity contribution in [2.45, 2.75) is 99.3 Å². The Morgan fingerprint density at radius 2 is 0.774 bits per heavy atom. The van der Waals surface area contributed by atoms with Crippen LogP contribution in [0.4, 0.5) is 0 Å². The van der Waals surface area contributed by atoms with Gasteiger partial charge in [-0.3, -0.25) is 0 Å². The molecule has 0 nitrogen and oxygen atoms in total. The van der Waals surface area contributed by atoms with Gasteiger partial charge in [0.2, 0.25) is 0 Å². The maximum atomic E-state index is 2.62. The van der Waals surface area contributed by atoms with Crippen molar-refractivity contribution < 1.29 is 0 Å². The molecule has 0 spiro atoms. The van der Waals surface area contributed by atoms with Crippen LogP contribution in [-0.4, -0.2) is 18.5 Å². The summed E-state index contributed by atoms with van der Waals surface area (Å²) in [7, 11) is 0.240. The molecule has 0 radical (unpaired) electrons. The van der Waals surface area contributed by atoms with E-state index in [4.69, 9.17) is 0 Å². The third-order valence-corrected chi connectivity index (χ3v) is 16.4. The lowest BCUT2D eigenvalue weighted by molar-refractivity contribution is -0.101. The van der Waals surface area contributed by atoms with E-state index >= 15 is 0 Å². The average molecular weight is 443 g/mol. The molecular formula is C30H51P. The molecule has 0 N–H and O–H groups in total. The Bertz CT molecular complexity index is 602. The second-order valence-electron chi connectivity index (χ2n) is 15.3. The molecule has 6 bridgehead atoms. The molecule has 0 amide bonds. The van der Waals surface area contributed by atoms with Crippen LogP contribution in [0.1, 0.15) is 99.3 Å². The third-order valence-electron chi connectivity index (χ3n) is 13.5. The van der Waals surface area contributed by atoms with Crippen molar-refractivity contribution in [3.8, 4) is 0 Å². The van der Waals surface area contributed by atoms with Crippen LogP contribution in [0.15, 0.2) is 0 Å². The molecule has 0 aliphatic heterocycles. The number of fused-ring (bicyclic) bond motifs is 6. The van der Waals surface area contributed by atoms with Gasteiger partial charge in [-0.05, 0) is 146 Å². The highest BCUT2D eigenvalue weighted by Crippen LogP contribution is 2.68. The van der Waals surface area contributed by atoms with E-state index in [0.717, 1.165) is 53.3 Å². The first-order valence-corrected chi connectivity index (χ1v) is 16.2. The van der Waals surface area contributed by atoms with Crippen molar-refractivity contribution in [2.24, 2.45) is 69.5 Å². The highest BCUT2D eigenvalue weighted by atomic mass is 31.1. The minimum Gasteiger partial charge on any atom is -0.106 e. The minimum atomic E-state index is 0.240. The summed E-state index contributed by atoms with van der Waals surface area (Å²) >= 11 is 0. The van der Waals surface area contributed by atoms with Crippen molar-refractivity contribution in [1.82, 2.24) is 0 Å². The third kappa shape index (κ3) is 3.22. The van der Waals surface area contributed by atoms with E-state index in [1.807, 2.05) is 0 Å². The van der Waals surface area contributed by atoms with Gasteiger partial charge in [0.15, 0.2) is 0 Å². The van der Waals surface area contributed by atoms with Gasteiger partial charge in [-0.25, -0.2) is 0 Å². The van der Waals surface area contributed by atoms with Gasteiger partial charge in [0.1, 0.15) is 0 Å². The predicted octanol–water partition coefficient (Wildman–Crippen LogP) is 8.69. The maximum absolute atomic E-state index is 2.62. The first kappa shape index (κ1) is 21.9. The largest absolute Gasteiger partial charge is 0.106 e. The van der Waals surface area contributed by atoms with Crippen molar-refractivity contribution in [1.29, 1.82) is 0 Å². The predicted molar refractivity (Wildman–Crippen MR) is 136 cm³/mol. The van der Waals surface area contributed by atoms with Crippen LogP contribution < -0.4 is 0 Å². The Kier molecular flexibility index (Phi) is 5.11. The summed E-state index contributed by atoms with van der Waals surface area (Å²) in [6.07, 6.45) is 19.2. The van der Waals surface area contributed by atoms with E-state index in [1.165, 1.54) is 0 Å². The SMILES string of the molecule is CC1(C)[C@H]2CCC(CP(CC3CC[C@H]4C[C@@H]3C4(C)C)CC3CC[C@H]4C[C@@H]3C4(C)C)[C@@H]1C2. The van der Waals surface area contributed by atoms with Gasteiger partial charge in [0.05, 0.1) is 0 Å². The number of rotatable bonds is 6. The molecule has 0 aromatic rings. The summed E-state index contributed by atoms with van der Waals surface area (Å²) in [4.78, 5) is 0. The number of hydrogen-bond acceptors (Lipinski definition) is 0. The molecule has 0 saturated heterocycles. The van der Waals surface area contributed by atoms with Crippen LogP contribution >= 0.6 is 7.92 Å². The first-order chi connectivity index (χ1) is 14.6. The van der Waals surface area contributed by atoms with Crippen LogP contribution in [0.5, 0.6) is 0 Å². The van der Waals surface area contributed by atoms with E-state index in [2.05, 4.69) is 41.5 Å². The van der Waals surface area contributed by atoms with E-state index < -0.39 is 0 Å². The maximum Gasteiger partial charge on any atom is -0.0294 e. The van der Waals surface area contributed by atoms with E-state index in [1.54, 1.807) is 76.3 Å². The molecule has 9 atom stereocenters. The molecule has 0 aromatic carbocycles. The second-order valence-corrected chi connectivity index (χ2v) is 17.7. The Hall–Kier alpha value is 0.430. The molecule has 0 heterocycles. The lowest BCUT2D eigenvalue weighted by Gasteiger charge is -2.63. The minimum absolute atomic E-state index is 0.240. The molecule has 9 fully saturated rings. The van der Waals surface area contributed by atoms with Gasteiger partial charge in [-0.1, -0.05) is 41.5 Å². The van der Waals surface area contributed by atoms with Crippen molar-refractivity contribution in [3.05, 3.63) is 0 Å². The molecule has 9 rings (SSSR count). The molecule has 9 aliphatic carbocycles. The summed E-state index contributed by atoms with van der Waals surface area (Å²) < 4.78 is 0. The van der Waals surface area contributed by atoms with Gasteiger partial charge in [0, 0.05) is 0 Å². The lowest BCUT2D eigenvalue weighted by Crippen LogP contribution is -2.54. The standard InChI is InChI=1S/C30H51P/c1-28(2)22-10-7-19(25(28)13-22)16-31(17-20-8-11-23-14-26(20)29(23,3)4)18-21-9-12-24-15-27(21)30(24,5)6/h19-27H,7-18H2,1-6H3/t19?,20?,21?,22-,23-,24-,25-,26-,27-,31?/m0/s1. The summed E-state index contributed by atoms with van der Waals surface area (Å²) in [5.41, 5.74) is 2.02. The summed E-state index contributed by atoms with van der Waals surface area (Å²) in [5.74, 6) is 9.67. The molecule has 3 unspecified atom stereocenters. The smallest absolute Gasteiger partial charge is 0.0294 e. The van der Waals surface area contributed by atoms with E-state index in [0.29, 0.717) is 16.2 Å².